The molecule has 0 atom stereocenters. The molecule has 0 aliphatic rings. The van der Waals surface area contributed by atoms with E-state index < -0.39 is 10.7 Å². The first kappa shape index (κ1) is 8.76. The Balaban J connectivity index is 2.87. The first-order valence-electron chi connectivity index (χ1n) is 3.55. The van der Waals surface area contributed by atoms with Crippen molar-refractivity contribution in [1.82, 2.24) is 4.98 Å². The number of nitro groups is 1. The minimum Gasteiger partial charge on any atom is -0.408 e. The predicted molar refractivity (Wildman–Crippen MR) is 48.5 cm³/mol. The molecule has 72 valence electrons. The van der Waals surface area contributed by atoms with Crippen molar-refractivity contribution in [2.45, 2.75) is 0 Å². The average molecular weight is 215 g/mol. The van der Waals surface area contributed by atoms with Gasteiger partial charge in [-0.05, 0) is 6.07 Å². The molecule has 7 heteroatoms. The number of fused-ring (bicyclic) bond motifs is 1. The summed E-state index contributed by atoms with van der Waals surface area (Å²) in [6.45, 7) is 0. The Hall–Kier alpha value is -1.82. The van der Waals surface area contributed by atoms with Gasteiger partial charge < -0.3 is 4.42 Å². The molecular formula is C7H3ClN2O4. The first-order chi connectivity index (χ1) is 6.59. The number of aromatic nitrogens is 1. The molecule has 0 spiro atoms. The number of nitrogens with one attached hydrogen (secondary N) is 1. The lowest BCUT2D eigenvalue weighted by Gasteiger charge is -1.93. The van der Waals surface area contributed by atoms with E-state index in [0.29, 0.717) is 0 Å². The van der Waals surface area contributed by atoms with E-state index >= 15 is 0 Å². The molecule has 0 fully saturated rings. The van der Waals surface area contributed by atoms with Crippen molar-refractivity contribution in [2.75, 3.05) is 0 Å². The summed E-state index contributed by atoms with van der Waals surface area (Å²) in [7, 11) is 0. The second-order valence-electron chi connectivity index (χ2n) is 2.54. The summed E-state index contributed by atoms with van der Waals surface area (Å²) in [6.07, 6.45) is 0. The van der Waals surface area contributed by atoms with Crippen LogP contribution in [0.4, 0.5) is 5.69 Å². The number of nitrogens with zero attached hydrogens (tertiary/aromatic N) is 1. The van der Waals surface area contributed by atoms with Gasteiger partial charge >= 0.3 is 5.76 Å². The summed E-state index contributed by atoms with van der Waals surface area (Å²) in [5.74, 6) is -0.692. The highest BCUT2D eigenvalue weighted by Gasteiger charge is 2.17. The lowest BCUT2D eigenvalue weighted by atomic mass is 10.3. The third kappa shape index (κ3) is 1.16. The molecule has 6 nitrogen and oxygen atoms in total. The maximum absolute atomic E-state index is 10.8. The molecule has 0 aliphatic heterocycles. The summed E-state index contributed by atoms with van der Waals surface area (Å²) >= 11 is 5.68. The van der Waals surface area contributed by atoms with Gasteiger partial charge in [-0.15, -0.1) is 0 Å². The van der Waals surface area contributed by atoms with Crippen molar-refractivity contribution in [3.8, 4) is 0 Å². The van der Waals surface area contributed by atoms with E-state index in [2.05, 4.69) is 9.40 Å². The topological polar surface area (TPSA) is 89.1 Å². The Bertz CT molecular complexity index is 571. The zero-order chi connectivity index (χ0) is 10.3. The van der Waals surface area contributed by atoms with Crippen molar-refractivity contribution in [3.05, 3.63) is 37.8 Å². The van der Waals surface area contributed by atoms with Crippen LogP contribution >= 0.6 is 11.6 Å². The van der Waals surface area contributed by atoms with Gasteiger partial charge in [0.2, 0.25) is 0 Å². The largest absolute Gasteiger partial charge is 0.417 e. The van der Waals surface area contributed by atoms with Gasteiger partial charge in [0.1, 0.15) is 10.5 Å². The van der Waals surface area contributed by atoms with Crippen molar-refractivity contribution < 1.29 is 9.34 Å². The van der Waals surface area contributed by atoms with Gasteiger partial charge in [0.05, 0.1) is 4.92 Å². The highest BCUT2D eigenvalue weighted by Crippen LogP contribution is 2.30. The number of nitro benzene ring substituents is 1. The summed E-state index contributed by atoms with van der Waals surface area (Å²) in [6, 6.07) is 2.50. The molecule has 0 saturated carbocycles. The van der Waals surface area contributed by atoms with Crippen LogP contribution in [-0.4, -0.2) is 9.91 Å². The van der Waals surface area contributed by atoms with Crippen LogP contribution in [0.1, 0.15) is 0 Å². The molecular weight excluding hydrogens is 212 g/mol. The van der Waals surface area contributed by atoms with Gasteiger partial charge in [-0.25, -0.2) is 4.79 Å². The summed E-state index contributed by atoms with van der Waals surface area (Å²) in [5, 5.41) is 10.3. The molecule has 2 rings (SSSR count). The van der Waals surface area contributed by atoms with Crippen LogP contribution in [0.3, 0.4) is 0 Å². The zero-order valence-corrected chi connectivity index (χ0v) is 7.37. The van der Waals surface area contributed by atoms with Gasteiger partial charge in [0.25, 0.3) is 5.69 Å². The van der Waals surface area contributed by atoms with Gasteiger partial charge in [-0.2, -0.15) is 0 Å². The fourth-order valence-electron chi connectivity index (χ4n) is 1.12. The van der Waals surface area contributed by atoms with E-state index in [-0.39, 0.29) is 21.8 Å². The number of oxazole rings is 1. The Kier molecular flexibility index (Phi) is 1.78. The van der Waals surface area contributed by atoms with Crippen LogP contribution in [0, 0.1) is 10.1 Å². The SMILES string of the molecule is O=c1[nH]c2c(Cl)c([N+](=O)[O-])ccc2o1. The van der Waals surface area contributed by atoms with Gasteiger partial charge in [-0.1, -0.05) is 11.6 Å². The second kappa shape index (κ2) is 2.85. The fraction of sp³-hybridized carbons (Fsp3) is 0. The van der Waals surface area contributed by atoms with Crippen molar-refractivity contribution >= 4 is 28.4 Å². The summed E-state index contributed by atoms with van der Waals surface area (Å²) in [5.41, 5.74) is 0.0766. The average Bonchev–Trinajstić information content (AvgIpc) is 2.46. The third-order valence-electron chi connectivity index (χ3n) is 1.71. The third-order valence-corrected chi connectivity index (χ3v) is 2.09. The van der Waals surface area contributed by atoms with Crippen LogP contribution in [-0.2, 0) is 0 Å². The van der Waals surface area contributed by atoms with Gasteiger partial charge in [0.15, 0.2) is 5.58 Å². The summed E-state index contributed by atoms with van der Waals surface area (Å²) in [4.78, 5) is 22.9. The normalized spacial score (nSPS) is 10.6. The Labute approximate surface area is 81.2 Å². The standard InChI is InChI=1S/C7H3ClN2O4/c8-5-3(10(12)13)1-2-4-6(5)9-7(11)14-4/h1-2H,(H,9,11). The van der Waals surface area contributed by atoms with Crippen molar-refractivity contribution in [2.24, 2.45) is 0 Å². The van der Waals surface area contributed by atoms with Crippen LogP contribution in [0.5, 0.6) is 0 Å². The van der Waals surface area contributed by atoms with Gasteiger partial charge in [-0.3, -0.25) is 15.1 Å². The number of benzene rings is 1. The molecule has 0 amide bonds. The van der Waals surface area contributed by atoms with Crippen LogP contribution in [0.2, 0.25) is 5.02 Å². The maximum atomic E-state index is 10.8. The lowest BCUT2D eigenvalue weighted by molar-refractivity contribution is -0.384. The molecule has 0 unspecified atom stereocenters. The molecule has 1 aromatic carbocycles. The zero-order valence-electron chi connectivity index (χ0n) is 6.61. The molecule has 2 aromatic rings. The smallest absolute Gasteiger partial charge is 0.408 e. The molecule has 0 saturated heterocycles. The fourth-order valence-corrected chi connectivity index (χ4v) is 1.39. The highest BCUT2D eigenvalue weighted by atomic mass is 35.5. The minimum atomic E-state index is -0.692. The van der Waals surface area contributed by atoms with Crippen molar-refractivity contribution in [1.29, 1.82) is 0 Å². The Morgan fingerprint density at radius 1 is 1.50 bits per heavy atom. The van der Waals surface area contributed by atoms with Crippen LogP contribution < -0.4 is 5.76 Å². The lowest BCUT2D eigenvalue weighted by Crippen LogP contribution is -1.94. The molecule has 0 bridgehead atoms. The number of H-pyrrole nitrogens is 1. The Morgan fingerprint density at radius 3 is 2.86 bits per heavy atom. The minimum absolute atomic E-state index is 0.127. The monoisotopic (exact) mass is 214 g/mol. The van der Waals surface area contributed by atoms with E-state index in [0.717, 1.165) is 0 Å². The number of hydrogen-bond acceptors (Lipinski definition) is 4. The van der Waals surface area contributed by atoms with Crippen LogP contribution in [0.25, 0.3) is 11.1 Å². The molecule has 1 aromatic heterocycles. The van der Waals surface area contributed by atoms with E-state index in [1.54, 1.807) is 0 Å². The molecule has 14 heavy (non-hydrogen) atoms. The van der Waals surface area contributed by atoms with E-state index in [1.165, 1.54) is 12.1 Å². The summed E-state index contributed by atoms with van der Waals surface area (Å²) < 4.78 is 4.67. The number of halogens is 1. The molecule has 1 heterocycles. The van der Waals surface area contributed by atoms with E-state index in [1.807, 2.05) is 0 Å². The quantitative estimate of drug-likeness (QED) is 0.578. The maximum Gasteiger partial charge on any atom is 0.417 e. The second-order valence-corrected chi connectivity index (χ2v) is 2.92. The first-order valence-corrected chi connectivity index (χ1v) is 3.93. The molecule has 0 radical (unpaired) electrons. The van der Waals surface area contributed by atoms with Gasteiger partial charge in [0, 0.05) is 6.07 Å². The predicted octanol–water partition coefficient (Wildman–Crippen LogP) is 1.68. The molecule has 1 N–H and O–H groups in total. The number of hydrogen-bond donors (Lipinski definition) is 1. The van der Waals surface area contributed by atoms with Crippen molar-refractivity contribution in [3.63, 3.8) is 0 Å². The number of aromatic amines is 1. The van der Waals surface area contributed by atoms with Crippen LogP contribution in [0.15, 0.2) is 21.3 Å². The Morgan fingerprint density at radius 2 is 2.21 bits per heavy atom. The van der Waals surface area contributed by atoms with E-state index in [4.69, 9.17) is 11.6 Å². The number of rotatable bonds is 1. The molecule has 0 aliphatic carbocycles. The van der Waals surface area contributed by atoms with E-state index in [9.17, 15) is 14.9 Å². The highest BCUT2D eigenvalue weighted by molar-refractivity contribution is 6.36.